The second kappa shape index (κ2) is 6.37. The van der Waals surface area contributed by atoms with Gasteiger partial charge >= 0.3 is 0 Å². The maximum Gasteiger partial charge on any atom is 0.255 e. The molecule has 3 rings (SSSR count). The zero-order chi connectivity index (χ0) is 15.4. The first-order chi connectivity index (χ1) is 10.7. The van der Waals surface area contributed by atoms with Crippen LogP contribution in [0.4, 0.5) is 5.69 Å². The molecular formula is C17H12ClN3O. The van der Waals surface area contributed by atoms with E-state index in [0.717, 1.165) is 11.1 Å². The van der Waals surface area contributed by atoms with Gasteiger partial charge < -0.3 is 5.32 Å². The molecule has 0 aliphatic rings. The molecule has 108 valence electrons. The van der Waals surface area contributed by atoms with Gasteiger partial charge in [-0.15, -0.1) is 0 Å². The number of halogens is 1. The summed E-state index contributed by atoms with van der Waals surface area (Å²) in [5, 5.41) is 3.42. The monoisotopic (exact) mass is 309 g/mol. The summed E-state index contributed by atoms with van der Waals surface area (Å²) in [4.78, 5) is 20.3. The third-order valence-electron chi connectivity index (χ3n) is 3.12. The van der Waals surface area contributed by atoms with E-state index in [1.807, 2.05) is 18.2 Å². The summed E-state index contributed by atoms with van der Waals surface area (Å²) in [6.07, 6.45) is 6.79. The van der Waals surface area contributed by atoms with E-state index in [9.17, 15) is 4.79 Å². The first-order valence-electron chi connectivity index (χ1n) is 6.65. The van der Waals surface area contributed by atoms with Crippen LogP contribution in [0.25, 0.3) is 11.1 Å². The molecule has 2 aromatic heterocycles. The van der Waals surface area contributed by atoms with E-state index in [-0.39, 0.29) is 5.91 Å². The SMILES string of the molecule is O=C(Nc1cncc(-c2ccncc2)c1)c1ccc(Cl)cc1. The summed E-state index contributed by atoms with van der Waals surface area (Å²) in [7, 11) is 0. The molecule has 0 radical (unpaired) electrons. The Balaban J connectivity index is 1.81. The minimum atomic E-state index is -0.203. The van der Waals surface area contributed by atoms with Crippen molar-refractivity contribution in [1.29, 1.82) is 0 Å². The highest BCUT2D eigenvalue weighted by molar-refractivity contribution is 6.30. The van der Waals surface area contributed by atoms with Gasteiger partial charge in [-0.25, -0.2) is 0 Å². The third-order valence-corrected chi connectivity index (χ3v) is 3.37. The van der Waals surface area contributed by atoms with Gasteiger partial charge in [0.2, 0.25) is 0 Å². The van der Waals surface area contributed by atoms with Gasteiger partial charge in [0.15, 0.2) is 0 Å². The summed E-state index contributed by atoms with van der Waals surface area (Å²) in [6.45, 7) is 0. The maximum atomic E-state index is 12.2. The Hall–Kier alpha value is -2.72. The van der Waals surface area contributed by atoms with Crippen LogP contribution in [0.15, 0.2) is 67.3 Å². The number of nitrogens with one attached hydrogen (secondary N) is 1. The molecule has 1 N–H and O–H groups in total. The van der Waals surface area contributed by atoms with E-state index in [1.165, 1.54) is 0 Å². The Morgan fingerprint density at radius 3 is 2.36 bits per heavy atom. The van der Waals surface area contributed by atoms with Crippen LogP contribution in [0.3, 0.4) is 0 Å². The first-order valence-corrected chi connectivity index (χ1v) is 7.02. The van der Waals surface area contributed by atoms with Crippen molar-refractivity contribution in [3.8, 4) is 11.1 Å². The zero-order valence-corrected chi connectivity index (χ0v) is 12.3. The van der Waals surface area contributed by atoms with E-state index in [1.54, 1.807) is 49.1 Å². The number of benzene rings is 1. The van der Waals surface area contributed by atoms with Crippen molar-refractivity contribution in [3.63, 3.8) is 0 Å². The van der Waals surface area contributed by atoms with Gasteiger partial charge in [0.05, 0.1) is 11.9 Å². The molecule has 3 aromatic rings. The molecule has 0 bridgehead atoms. The number of nitrogens with zero attached hydrogens (tertiary/aromatic N) is 2. The van der Waals surface area contributed by atoms with Crippen LogP contribution in [0.1, 0.15) is 10.4 Å². The minimum absolute atomic E-state index is 0.203. The Morgan fingerprint density at radius 2 is 1.64 bits per heavy atom. The summed E-state index contributed by atoms with van der Waals surface area (Å²) < 4.78 is 0. The minimum Gasteiger partial charge on any atom is -0.321 e. The standard InChI is InChI=1S/C17H12ClN3O/c18-15-3-1-13(2-4-15)17(22)21-16-9-14(10-20-11-16)12-5-7-19-8-6-12/h1-11H,(H,21,22). The molecular weight excluding hydrogens is 298 g/mol. The molecule has 5 heteroatoms. The van der Waals surface area contributed by atoms with Crippen molar-refractivity contribution >= 4 is 23.2 Å². The van der Waals surface area contributed by atoms with Crippen molar-refractivity contribution in [2.24, 2.45) is 0 Å². The number of hydrogen-bond donors (Lipinski definition) is 1. The average molecular weight is 310 g/mol. The van der Waals surface area contributed by atoms with Crippen LogP contribution in [0.5, 0.6) is 0 Å². The van der Waals surface area contributed by atoms with Crippen LogP contribution < -0.4 is 5.32 Å². The number of aromatic nitrogens is 2. The molecule has 4 nitrogen and oxygen atoms in total. The summed E-state index contributed by atoms with van der Waals surface area (Å²) in [6, 6.07) is 12.4. The molecule has 0 spiro atoms. The van der Waals surface area contributed by atoms with Gasteiger partial charge in [-0.2, -0.15) is 0 Å². The molecule has 0 fully saturated rings. The molecule has 1 aromatic carbocycles. The van der Waals surface area contributed by atoms with Gasteiger partial charge in [-0.1, -0.05) is 11.6 Å². The fraction of sp³-hybridized carbons (Fsp3) is 0. The van der Waals surface area contributed by atoms with Crippen molar-refractivity contribution in [2.45, 2.75) is 0 Å². The summed E-state index contributed by atoms with van der Waals surface area (Å²) >= 11 is 5.82. The number of pyridine rings is 2. The predicted octanol–water partition coefficient (Wildman–Crippen LogP) is 4.05. The second-order valence-electron chi connectivity index (χ2n) is 4.66. The number of carbonyl (C=O) groups excluding carboxylic acids is 1. The van der Waals surface area contributed by atoms with Crippen LogP contribution in [0, 0.1) is 0 Å². The van der Waals surface area contributed by atoms with Crippen molar-refractivity contribution in [1.82, 2.24) is 9.97 Å². The highest BCUT2D eigenvalue weighted by Gasteiger charge is 2.07. The van der Waals surface area contributed by atoms with E-state index >= 15 is 0 Å². The first kappa shape index (κ1) is 14.2. The van der Waals surface area contributed by atoms with Crippen molar-refractivity contribution in [2.75, 3.05) is 5.32 Å². The lowest BCUT2D eigenvalue weighted by Crippen LogP contribution is -2.11. The topological polar surface area (TPSA) is 54.9 Å². The zero-order valence-electron chi connectivity index (χ0n) is 11.5. The van der Waals surface area contributed by atoms with Gasteiger partial charge in [-0.3, -0.25) is 14.8 Å². The third kappa shape index (κ3) is 3.30. The van der Waals surface area contributed by atoms with Gasteiger partial charge in [-0.05, 0) is 48.0 Å². The number of hydrogen-bond acceptors (Lipinski definition) is 3. The molecule has 0 atom stereocenters. The maximum absolute atomic E-state index is 12.2. The van der Waals surface area contributed by atoms with Gasteiger partial charge in [0.25, 0.3) is 5.91 Å². The smallest absolute Gasteiger partial charge is 0.255 e. The molecule has 22 heavy (non-hydrogen) atoms. The number of carbonyl (C=O) groups is 1. The van der Waals surface area contributed by atoms with Crippen LogP contribution in [0.2, 0.25) is 5.02 Å². The Bertz CT molecular complexity index is 789. The second-order valence-corrected chi connectivity index (χ2v) is 5.10. The lowest BCUT2D eigenvalue weighted by molar-refractivity contribution is 0.102. The Morgan fingerprint density at radius 1 is 0.909 bits per heavy atom. The van der Waals surface area contributed by atoms with Crippen LogP contribution in [-0.4, -0.2) is 15.9 Å². The van der Waals surface area contributed by atoms with Gasteiger partial charge in [0, 0.05) is 34.7 Å². The lowest BCUT2D eigenvalue weighted by atomic mass is 10.1. The number of amides is 1. The highest BCUT2D eigenvalue weighted by Crippen LogP contribution is 2.21. The summed E-state index contributed by atoms with van der Waals surface area (Å²) in [5.41, 5.74) is 3.08. The number of anilines is 1. The van der Waals surface area contributed by atoms with E-state index in [4.69, 9.17) is 11.6 Å². The molecule has 0 unspecified atom stereocenters. The Kier molecular flexibility index (Phi) is 4.12. The van der Waals surface area contributed by atoms with Crippen molar-refractivity contribution < 1.29 is 4.79 Å². The van der Waals surface area contributed by atoms with E-state index in [2.05, 4.69) is 15.3 Å². The predicted molar refractivity (Wildman–Crippen MR) is 86.9 cm³/mol. The molecule has 0 aliphatic carbocycles. The quantitative estimate of drug-likeness (QED) is 0.794. The number of rotatable bonds is 3. The lowest BCUT2D eigenvalue weighted by Gasteiger charge is -2.07. The van der Waals surface area contributed by atoms with Crippen molar-refractivity contribution in [3.05, 3.63) is 77.8 Å². The fourth-order valence-electron chi connectivity index (χ4n) is 2.02. The molecule has 2 heterocycles. The normalized spacial score (nSPS) is 10.2. The van der Waals surface area contributed by atoms with Crippen LogP contribution in [-0.2, 0) is 0 Å². The molecule has 0 saturated heterocycles. The van der Waals surface area contributed by atoms with E-state index in [0.29, 0.717) is 16.3 Å². The highest BCUT2D eigenvalue weighted by atomic mass is 35.5. The molecule has 0 saturated carbocycles. The van der Waals surface area contributed by atoms with Crippen LogP contribution >= 0.6 is 11.6 Å². The molecule has 0 aliphatic heterocycles. The Labute approximate surface area is 132 Å². The van der Waals surface area contributed by atoms with Gasteiger partial charge in [0.1, 0.15) is 0 Å². The summed E-state index contributed by atoms with van der Waals surface area (Å²) in [5.74, 6) is -0.203. The average Bonchev–Trinajstić information content (AvgIpc) is 2.56. The largest absolute Gasteiger partial charge is 0.321 e. The van der Waals surface area contributed by atoms with E-state index < -0.39 is 0 Å². The molecule has 1 amide bonds. The fourth-order valence-corrected chi connectivity index (χ4v) is 2.14.